The monoisotopic (exact) mass is 241 g/mol. The average Bonchev–Trinajstić information content (AvgIpc) is 2.18. The lowest BCUT2D eigenvalue weighted by molar-refractivity contribution is 0.616. The normalized spacial score (nSPS) is 14.3. The maximum atomic E-state index is 13.6. The van der Waals surface area contributed by atoms with Crippen molar-refractivity contribution in [3.05, 3.63) is 35.1 Å². The summed E-state index contributed by atoms with van der Waals surface area (Å²) in [6.45, 7) is 7.17. The predicted molar refractivity (Wildman–Crippen MR) is 66.6 cm³/mol. The molecule has 16 heavy (non-hydrogen) atoms. The van der Waals surface area contributed by atoms with Gasteiger partial charge >= 0.3 is 0 Å². The second-order valence-electron chi connectivity index (χ2n) is 4.57. The van der Waals surface area contributed by atoms with Gasteiger partial charge in [-0.2, -0.15) is 4.40 Å². The lowest BCUT2D eigenvalue weighted by atomic mass is 10.1. The fourth-order valence-corrected chi connectivity index (χ4v) is 1.56. The first-order valence-corrected chi connectivity index (χ1v) is 6.14. The zero-order valence-corrected chi connectivity index (χ0v) is 10.8. The second-order valence-corrected chi connectivity index (χ2v) is 6.51. The molecule has 0 saturated carbocycles. The largest absolute Gasteiger partial charge is 0.234 e. The number of hydrogen-bond acceptors (Lipinski definition) is 1. The molecule has 0 bridgehead atoms. The van der Waals surface area contributed by atoms with Crippen LogP contribution in [0.4, 0.5) is 4.39 Å². The fraction of sp³-hybridized carbons (Fsp3) is 0.417. The number of hydrogen-bond donors (Lipinski definition) is 0. The van der Waals surface area contributed by atoms with Crippen LogP contribution in [0.3, 0.4) is 0 Å². The van der Waals surface area contributed by atoms with Gasteiger partial charge in [-0.1, -0.05) is 18.2 Å². The van der Waals surface area contributed by atoms with Gasteiger partial charge in [-0.25, -0.2) is 8.60 Å². The van der Waals surface area contributed by atoms with Gasteiger partial charge in [-0.3, -0.25) is 0 Å². The lowest BCUT2D eigenvalue weighted by Gasteiger charge is -2.12. The molecule has 1 atom stereocenters. The van der Waals surface area contributed by atoms with Gasteiger partial charge in [0.1, 0.15) is 16.8 Å². The van der Waals surface area contributed by atoms with Crippen molar-refractivity contribution in [3.8, 4) is 0 Å². The highest BCUT2D eigenvalue weighted by Gasteiger charge is 2.18. The minimum atomic E-state index is -1.35. The molecule has 0 N–H and O–H groups in total. The highest BCUT2D eigenvalue weighted by molar-refractivity contribution is 7.85. The molecule has 2 nitrogen and oxygen atoms in total. The van der Waals surface area contributed by atoms with E-state index in [0.717, 1.165) is 0 Å². The maximum absolute atomic E-state index is 13.6. The SMILES string of the molecule is Cc1cccc(/C=N/[S@](=O)C(C)(C)C)c1F. The summed E-state index contributed by atoms with van der Waals surface area (Å²) in [5.41, 5.74) is 0.933. The van der Waals surface area contributed by atoms with Crippen molar-refractivity contribution < 1.29 is 8.60 Å². The number of benzene rings is 1. The summed E-state index contributed by atoms with van der Waals surface area (Å²) in [6.07, 6.45) is 1.34. The molecule has 0 spiro atoms. The van der Waals surface area contributed by atoms with Crippen molar-refractivity contribution in [2.24, 2.45) is 4.40 Å². The molecule has 1 aromatic carbocycles. The van der Waals surface area contributed by atoms with Crippen molar-refractivity contribution in [3.63, 3.8) is 0 Å². The summed E-state index contributed by atoms with van der Waals surface area (Å²) in [5.74, 6) is -0.308. The molecular weight excluding hydrogens is 225 g/mol. The summed E-state index contributed by atoms with van der Waals surface area (Å²) < 4.78 is 28.6. The molecule has 0 heterocycles. The highest BCUT2D eigenvalue weighted by Crippen LogP contribution is 2.14. The highest BCUT2D eigenvalue weighted by atomic mass is 32.2. The Balaban J connectivity index is 2.94. The van der Waals surface area contributed by atoms with Crippen LogP contribution in [-0.2, 0) is 11.0 Å². The zero-order chi connectivity index (χ0) is 12.3. The molecule has 0 amide bonds. The minimum absolute atomic E-state index is 0.308. The first-order chi connectivity index (χ1) is 7.32. The molecule has 0 saturated heterocycles. The van der Waals surface area contributed by atoms with Gasteiger partial charge < -0.3 is 0 Å². The van der Waals surface area contributed by atoms with E-state index in [0.29, 0.717) is 11.1 Å². The third-order valence-corrected chi connectivity index (χ3v) is 3.38. The van der Waals surface area contributed by atoms with E-state index in [1.807, 2.05) is 20.8 Å². The third-order valence-electron chi connectivity index (χ3n) is 2.03. The van der Waals surface area contributed by atoms with E-state index in [-0.39, 0.29) is 5.82 Å². The molecule has 1 aromatic rings. The van der Waals surface area contributed by atoms with Crippen molar-refractivity contribution in [1.82, 2.24) is 0 Å². The van der Waals surface area contributed by atoms with E-state index >= 15 is 0 Å². The van der Waals surface area contributed by atoms with Crippen LogP contribution in [0.2, 0.25) is 0 Å². The lowest BCUT2D eigenvalue weighted by Crippen LogP contribution is -2.19. The number of halogens is 1. The Labute approximate surface area is 98.2 Å². The van der Waals surface area contributed by atoms with E-state index in [2.05, 4.69) is 4.40 Å². The molecule has 4 heteroatoms. The minimum Gasteiger partial charge on any atom is -0.234 e. The van der Waals surface area contributed by atoms with Crippen LogP contribution in [0.15, 0.2) is 22.6 Å². The Morgan fingerprint density at radius 3 is 2.56 bits per heavy atom. The van der Waals surface area contributed by atoms with Crippen LogP contribution >= 0.6 is 0 Å². The Hall–Kier alpha value is -1.03. The van der Waals surface area contributed by atoms with Crippen molar-refractivity contribution >= 4 is 17.2 Å². The molecule has 88 valence electrons. The van der Waals surface area contributed by atoms with Crippen LogP contribution in [0.1, 0.15) is 31.9 Å². The Kier molecular flexibility index (Phi) is 3.97. The molecule has 0 radical (unpaired) electrons. The van der Waals surface area contributed by atoms with E-state index in [9.17, 15) is 8.60 Å². The second kappa shape index (κ2) is 4.87. The van der Waals surface area contributed by atoms with E-state index in [4.69, 9.17) is 0 Å². The molecule has 0 aliphatic carbocycles. The topological polar surface area (TPSA) is 29.4 Å². The molecular formula is C12H16FNOS. The van der Waals surface area contributed by atoms with Gasteiger partial charge in [-0.05, 0) is 33.3 Å². The zero-order valence-electron chi connectivity index (χ0n) is 9.95. The van der Waals surface area contributed by atoms with Gasteiger partial charge in [-0.15, -0.1) is 0 Å². The van der Waals surface area contributed by atoms with Crippen molar-refractivity contribution in [2.45, 2.75) is 32.4 Å². The van der Waals surface area contributed by atoms with E-state index in [1.165, 1.54) is 6.21 Å². The summed E-state index contributed by atoms with van der Waals surface area (Å²) in [6, 6.07) is 5.05. The molecule has 0 unspecified atom stereocenters. The van der Waals surface area contributed by atoms with Crippen LogP contribution in [-0.4, -0.2) is 15.2 Å². The number of nitrogens with zero attached hydrogens (tertiary/aromatic N) is 1. The van der Waals surface area contributed by atoms with Gasteiger partial charge in [0.15, 0.2) is 0 Å². The number of rotatable bonds is 2. The fourth-order valence-electron chi connectivity index (χ4n) is 1.03. The predicted octanol–water partition coefficient (Wildman–Crippen LogP) is 3.02. The van der Waals surface area contributed by atoms with Gasteiger partial charge in [0.25, 0.3) is 0 Å². The van der Waals surface area contributed by atoms with Crippen LogP contribution in [0, 0.1) is 12.7 Å². The molecule has 0 fully saturated rings. The quantitative estimate of drug-likeness (QED) is 0.732. The first-order valence-electron chi connectivity index (χ1n) is 5.03. The van der Waals surface area contributed by atoms with Gasteiger partial charge in [0.05, 0.1) is 4.75 Å². The molecule has 0 aromatic heterocycles. The average molecular weight is 241 g/mol. The standard InChI is InChI=1S/C12H16FNOS/c1-9-6-5-7-10(11(9)13)8-14-16(15)12(2,3)4/h5-8H,1-4H3/b14-8+/t16-/m1/s1. The van der Waals surface area contributed by atoms with Gasteiger partial charge in [0.2, 0.25) is 0 Å². The molecule has 0 aliphatic heterocycles. The third kappa shape index (κ3) is 3.23. The van der Waals surface area contributed by atoms with E-state index < -0.39 is 15.7 Å². The maximum Gasteiger partial charge on any atom is 0.144 e. The number of aryl methyl sites for hydroxylation is 1. The van der Waals surface area contributed by atoms with Crippen LogP contribution < -0.4 is 0 Å². The molecule has 0 aliphatic rings. The summed E-state index contributed by atoms with van der Waals surface area (Å²) in [4.78, 5) is 0. The van der Waals surface area contributed by atoms with Crippen LogP contribution in [0.25, 0.3) is 0 Å². The Morgan fingerprint density at radius 1 is 1.38 bits per heavy atom. The summed E-state index contributed by atoms with van der Waals surface area (Å²) in [5, 5.41) is 0. The van der Waals surface area contributed by atoms with Crippen LogP contribution in [0.5, 0.6) is 0 Å². The van der Waals surface area contributed by atoms with Crippen molar-refractivity contribution in [2.75, 3.05) is 0 Å². The summed E-state index contributed by atoms with van der Waals surface area (Å²) >= 11 is 0. The smallest absolute Gasteiger partial charge is 0.144 e. The Bertz CT molecular complexity index is 435. The molecule has 1 rings (SSSR count). The van der Waals surface area contributed by atoms with Gasteiger partial charge in [0, 0.05) is 11.8 Å². The van der Waals surface area contributed by atoms with Crippen molar-refractivity contribution in [1.29, 1.82) is 0 Å². The van der Waals surface area contributed by atoms with E-state index in [1.54, 1.807) is 25.1 Å². The Morgan fingerprint density at radius 2 is 2.00 bits per heavy atom. The first kappa shape index (κ1) is 13.0. The summed E-state index contributed by atoms with van der Waals surface area (Å²) in [7, 11) is -1.35.